The summed E-state index contributed by atoms with van der Waals surface area (Å²) >= 11 is 1.75. The monoisotopic (exact) mass is 218 g/mol. The van der Waals surface area contributed by atoms with Crippen LogP contribution in [-0.2, 0) is 4.79 Å². The molecule has 0 bridgehead atoms. The lowest BCUT2D eigenvalue weighted by Crippen LogP contribution is -2.02. The van der Waals surface area contributed by atoms with E-state index in [1.54, 1.807) is 11.8 Å². The van der Waals surface area contributed by atoms with Crippen LogP contribution in [0, 0.1) is 0 Å². The fourth-order valence-corrected chi connectivity index (χ4v) is 2.26. The second-order valence-electron chi connectivity index (χ2n) is 3.70. The Morgan fingerprint density at radius 3 is 2.80 bits per heavy atom. The van der Waals surface area contributed by atoms with Gasteiger partial charge in [0.2, 0.25) is 0 Å². The van der Waals surface area contributed by atoms with Crippen LogP contribution in [0.1, 0.15) is 24.8 Å². The highest BCUT2D eigenvalue weighted by atomic mass is 32.2. The fourth-order valence-electron chi connectivity index (χ4n) is 1.80. The van der Waals surface area contributed by atoms with Crippen molar-refractivity contribution in [1.29, 1.82) is 0 Å². The van der Waals surface area contributed by atoms with E-state index < -0.39 is 0 Å². The van der Waals surface area contributed by atoms with Crippen LogP contribution in [0.3, 0.4) is 0 Å². The molecule has 15 heavy (non-hydrogen) atoms. The van der Waals surface area contributed by atoms with Crippen molar-refractivity contribution in [3.05, 3.63) is 35.9 Å². The second-order valence-corrected chi connectivity index (χ2v) is 4.58. The molecule has 1 aromatic carbocycles. The van der Waals surface area contributed by atoms with Gasteiger partial charge in [0.05, 0.1) is 0 Å². The Balaban J connectivity index is 2.25. The molecule has 1 nitrogen and oxygen atoms in total. The van der Waals surface area contributed by atoms with Gasteiger partial charge < -0.3 is 0 Å². The molecule has 2 heteroatoms. The molecule has 0 amide bonds. The van der Waals surface area contributed by atoms with Gasteiger partial charge in [-0.25, -0.2) is 0 Å². The zero-order chi connectivity index (χ0) is 10.7. The van der Waals surface area contributed by atoms with Crippen molar-refractivity contribution in [2.75, 3.05) is 6.26 Å². The van der Waals surface area contributed by atoms with Crippen molar-refractivity contribution in [3.63, 3.8) is 0 Å². The van der Waals surface area contributed by atoms with E-state index in [2.05, 4.69) is 36.6 Å². The van der Waals surface area contributed by atoms with Gasteiger partial charge in [-0.15, -0.1) is 11.8 Å². The first-order chi connectivity index (χ1) is 7.29. The molecule has 0 unspecified atom stereocenters. The van der Waals surface area contributed by atoms with Crippen molar-refractivity contribution in [3.8, 4) is 0 Å². The van der Waals surface area contributed by atoms with E-state index in [0.29, 0.717) is 18.6 Å². The van der Waals surface area contributed by atoms with Gasteiger partial charge >= 0.3 is 0 Å². The fraction of sp³-hybridized carbons (Fsp3) is 0.308. The van der Waals surface area contributed by atoms with Crippen LogP contribution in [0.5, 0.6) is 0 Å². The van der Waals surface area contributed by atoms with Crippen molar-refractivity contribution in [2.24, 2.45) is 0 Å². The lowest BCUT2D eigenvalue weighted by Gasteiger charge is -2.12. The normalized spacial score (nSPS) is 16.3. The Bertz CT molecular complexity index is 407. The van der Waals surface area contributed by atoms with Gasteiger partial charge in [0.1, 0.15) is 5.78 Å². The number of hydrogen-bond acceptors (Lipinski definition) is 2. The van der Waals surface area contributed by atoms with E-state index in [-0.39, 0.29) is 0 Å². The molecule has 0 heterocycles. The first kappa shape index (κ1) is 10.5. The lowest BCUT2D eigenvalue weighted by molar-refractivity contribution is -0.118. The summed E-state index contributed by atoms with van der Waals surface area (Å²) in [5.41, 5.74) is 2.60. The van der Waals surface area contributed by atoms with Crippen molar-refractivity contribution >= 4 is 23.1 Å². The maximum absolute atomic E-state index is 11.1. The van der Waals surface area contributed by atoms with Crippen molar-refractivity contribution < 1.29 is 4.79 Å². The molecule has 0 saturated carbocycles. The number of Topliss-reactive ketones (excluding diaryl/α,β-unsaturated/α-hetero) is 1. The minimum Gasteiger partial charge on any atom is -0.299 e. The predicted octanol–water partition coefficient (Wildman–Crippen LogP) is 3.54. The van der Waals surface area contributed by atoms with Gasteiger partial charge in [0, 0.05) is 17.7 Å². The molecular weight excluding hydrogens is 204 g/mol. The van der Waals surface area contributed by atoms with E-state index in [4.69, 9.17) is 0 Å². The minimum atomic E-state index is 0.361. The van der Waals surface area contributed by atoms with Crippen LogP contribution in [0.4, 0.5) is 0 Å². The molecule has 0 atom stereocenters. The number of carbonyl (C=O) groups is 1. The number of thioether (sulfide) groups is 1. The summed E-state index contributed by atoms with van der Waals surface area (Å²) in [6, 6.07) is 8.52. The van der Waals surface area contributed by atoms with E-state index >= 15 is 0 Å². The van der Waals surface area contributed by atoms with Gasteiger partial charge in [-0.1, -0.05) is 18.2 Å². The van der Waals surface area contributed by atoms with E-state index in [1.165, 1.54) is 16.0 Å². The molecule has 1 aliphatic carbocycles. The topological polar surface area (TPSA) is 17.1 Å². The molecule has 0 saturated heterocycles. The Kier molecular flexibility index (Phi) is 3.27. The van der Waals surface area contributed by atoms with Crippen LogP contribution in [0.2, 0.25) is 0 Å². The Hall–Kier alpha value is -1.02. The van der Waals surface area contributed by atoms with Gasteiger partial charge in [0.25, 0.3) is 0 Å². The third kappa shape index (κ3) is 2.51. The molecule has 0 radical (unpaired) electrons. The Labute approximate surface area is 94.6 Å². The molecule has 1 aromatic rings. The molecule has 0 spiro atoms. The summed E-state index contributed by atoms with van der Waals surface area (Å²) in [7, 11) is 0. The summed E-state index contributed by atoms with van der Waals surface area (Å²) in [5.74, 6) is 0.361. The SMILES string of the molecule is CSc1cccc(C2=CCC(=O)CC2)c1. The molecule has 2 rings (SSSR count). The Morgan fingerprint density at radius 2 is 2.13 bits per heavy atom. The van der Waals surface area contributed by atoms with Crippen LogP contribution in [0.25, 0.3) is 5.57 Å². The second kappa shape index (κ2) is 4.67. The standard InChI is InChI=1S/C13H14OS/c1-15-13-4-2-3-11(9-13)10-5-7-12(14)8-6-10/h2-5,9H,6-8H2,1H3. The van der Waals surface area contributed by atoms with E-state index in [1.807, 2.05) is 0 Å². The van der Waals surface area contributed by atoms with Gasteiger partial charge in [-0.05, 0) is 35.9 Å². The zero-order valence-electron chi connectivity index (χ0n) is 8.82. The molecule has 1 aliphatic rings. The van der Waals surface area contributed by atoms with E-state index in [0.717, 1.165) is 6.42 Å². The van der Waals surface area contributed by atoms with Crippen LogP contribution < -0.4 is 0 Å². The first-order valence-electron chi connectivity index (χ1n) is 5.15. The summed E-state index contributed by atoms with van der Waals surface area (Å²) in [5, 5.41) is 0. The number of hydrogen-bond donors (Lipinski definition) is 0. The highest BCUT2D eigenvalue weighted by Crippen LogP contribution is 2.27. The molecule has 0 aliphatic heterocycles. The predicted molar refractivity (Wildman–Crippen MR) is 65.1 cm³/mol. The average Bonchev–Trinajstić information content (AvgIpc) is 2.30. The summed E-state index contributed by atoms with van der Waals surface area (Å²) in [6.45, 7) is 0. The van der Waals surface area contributed by atoms with E-state index in [9.17, 15) is 4.79 Å². The number of benzene rings is 1. The quantitative estimate of drug-likeness (QED) is 0.706. The lowest BCUT2D eigenvalue weighted by atomic mass is 9.93. The average molecular weight is 218 g/mol. The van der Waals surface area contributed by atoms with Crippen LogP contribution >= 0.6 is 11.8 Å². The van der Waals surface area contributed by atoms with Crippen molar-refractivity contribution in [1.82, 2.24) is 0 Å². The molecular formula is C13H14OS. The van der Waals surface area contributed by atoms with Crippen LogP contribution in [-0.4, -0.2) is 12.0 Å². The number of ketones is 1. The third-order valence-electron chi connectivity index (χ3n) is 2.69. The van der Waals surface area contributed by atoms with Gasteiger partial charge in [-0.3, -0.25) is 4.79 Å². The zero-order valence-corrected chi connectivity index (χ0v) is 9.64. The summed E-state index contributed by atoms with van der Waals surface area (Å²) in [4.78, 5) is 12.4. The van der Waals surface area contributed by atoms with Gasteiger partial charge in [-0.2, -0.15) is 0 Å². The largest absolute Gasteiger partial charge is 0.299 e. The van der Waals surface area contributed by atoms with Crippen molar-refractivity contribution in [2.45, 2.75) is 24.2 Å². The maximum Gasteiger partial charge on any atom is 0.137 e. The molecule has 0 aromatic heterocycles. The highest BCUT2D eigenvalue weighted by Gasteiger charge is 2.11. The van der Waals surface area contributed by atoms with Crippen LogP contribution in [0.15, 0.2) is 35.2 Å². The Morgan fingerprint density at radius 1 is 1.27 bits per heavy atom. The third-order valence-corrected chi connectivity index (χ3v) is 3.42. The molecule has 0 fully saturated rings. The number of carbonyl (C=O) groups excluding carboxylic acids is 1. The smallest absolute Gasteiger partial charge is 0.137 e. The number of rotatable bonds is 2. The highest BCUT2D eigenvalue weighted by molar-refractivity contribution is 7.98. The number of allylic oxidation sites excluding steroid dienone is 2. The summed E-state index contributed by atoms with van der Waals surface area (Å²) in [6.07, 6.45) is 6.37. The maximum atomic E-state index is 11.1. The first-order valence-corrected chi connectivity index (χ1v) is 6.37. The minimum absolute atomic E-state index is 0.361. The molecule has 0 N–H and O–H groups in total. The van der Waals surface area contributed by atoms with Gasteiger partial charge in [0.15, 0.2) is 0 Å². The molecule has 78 valence electrons. The summed E-state index contributed by atoms with van der Waals surface area (Å²) < 4.78 is 0.